The topological polar surface area (TPSA) is 59.1 Å². The molecule has 1 heterocycles. The summed E-state index contributed by atoms with van der Waals surface area (Å²) in [6.07, 6.45) is 2.95. The van der Waals surface area contributed by atoms with Gasteiger partial charge in [0.2, 0.25) is 0 Å². The van der Waals surface area contributed by atoms with E-state index in [1.807, 2.05) is 25.1 Å². The summed E-state index contributed by atoms with van der Waals surface area (Å²) in [4.78, 5) is 4.15. The van der Waals surface area contributed by atoms with Crippen LogP contribution in [0.2, 0.25) is 0 Å². The number of anilines is 1. The van der Waals surface area contributed by atoms with Crippen molar-refractivity contribution in [2.45, 2.75) is 25.4 Å². The van der Waals surface area contributed by atoms with Gasteiger partial charge in [-0.05, 0) is 29.7 Å². The van der Waals surface area contributed by atoms with Crippen LogP contribution in [0.15, 0.2) is 36.5 Å². The minimum absolute atomic E-state index is 0.427. The molecule has 3 nitrogen and oxygen atoms in total. The number of hydrogen-bond donors (Lipinski definition) is 2. The number of nitrogens with zero attached hydrogens (tertiary/aromatic N) is 1. The predicted molar refractivity (Wildman–Crippen MR) is 71.1 cm³/mol. The Morgan fingerprint density at radius 3 is 2.44 bits per heavy atom. The highest BCUT2D eigenvalue weighted by molar-refractivity contribution is 5.49. The van der Waals surface area contributed by atoms with E-state index in [1.165, 1.54) is 11.1 Å². The van der Waals surface area contributed by atoms with E-state index in [0.29, 0.717) is 18.7 Å². The van der Waals surface area contributed by atoms with Crippen LogP contribution in [0.5, 0.6) is 0 Å². The van der Waals surface area contributed by atoms with Crippen molar-refractivity contribution in [3.8, 4) is 0 Å². The maximum absolute atomic E-state index is 10.9. The van der Waals surface area contributed by atoms with E-state index in [9.17, 15) is 5.11 Å². The fourth-order valence-corrected chi connectivity index (χ4v) is 2.74. The number of aromatic nitrogens is 1. The fraction of sp³-hybridized carbons (Fsp3) is 0.267. The minimum atomic E-state index is -0.910. The van der Waals surface area contributed by atoms with Gasteiger partial charge in [-0.1, -0.05) is 24.3 Å². The van der Waals surface area contributed by atoms with Crippen LogP contribution in [0.3, 0.4) is 0 Å². The molecule has 3 heteroatoms. The van der Waals surface area contributed by atoms with E-state index >= 15 is 0 Å². The summed E-state index contributed by atoms with van der Waals surface area (Å²) in [5.74, 6) is 0.427. The Balaban J connectivity index is 2.06. The van der Waals surface area contributed by atoms with Crippen LogP contribution in [-0.2, 0) is 18.4 Å². The molecule has 92 valence electrons. The third-order valence-electron chi connectivity index (χ3n) is 3.64. The van der Waals surface area contributed by atoms with E-state index in [2.05, 4.69) is 17.1 Å². The van der Waals surface area contributed by atoms with E-state index in [0.717, 1.165) is 11.1 Å². The number of fused-ring (bicyclic) bond motifs is 1. The van der Waals surface area contributed by atoms with Crippen molar-refractivity contribution in [2.75, 3.05) is 5.73 Å². The number of benzene rings is 1. The molecule has 3 rings (SSSR count). The summed E-state index contributed by atoms with van der Waals surface area (Å²) in [5, 5.41) is 10.9. The number of pyridine rings is 1. The first-order valence-corrected chi connectivity index (χ1v) is 6.10. The number of nitrogens with two attached hydrogens (primary N) is 1. The molecule has 3 N–H and O–H groups in total. The van der Waals surface area contributed by atoms with Crippen molar-refractivity contribution in [3.63, 3.8) is 0 Å². The molecule has 1 aliphatic rings. The average molecular weight is 240 g/mol. The molecule has 1 aliphatic carbocycles. The van der Waals surface area contributed by atoms with Gasteiger partial charge in [0.1, 0.15) is 11.4 Å². The molecule has 0 saturated heterocycles. The predicted octanol–water partition coefficient (Wildman–Crippen LogP) is 1.96. The number of aryl methyl sites for hydroxylation is 1. The van der Waals surface area contributed by atoms with Gasteiger partial charge in [0.25, 0.3) is 0 Å². The van der Waals surface area contributed by atoms with Crippen LogP contribution in [-0.4, -0.2) is 10.1 Å². The van der Waals surface area contributed by atoms with Gasteiger partial charge in [-0.3, -0.25) is 0 Å². The highest BCUT2D eigenvalue weighted by Crippen LogP contribution is 2.39. The molecule has 2 aromatic rings. The van der Waals surface area contributed by atoms with Crippen molar-refractivity contribution in [3.05, 3.63) is 58.8 Å². The molecule has 0 unspecified atom stereocenters. The number of rotatable bonds is 1. The van der Waals surface area contributed by atoms with E-state index < -0.39 is 5.60 Å². The van der Waals surface area contributed by atoms with Gasteiger partial charge >= 0.3 is 0 Å². The maximum Gasteiger partial charge on any atom is 0.129 e. The highest BCUT2D eigenvalue weighted by Gasteiger charge is 2.38. The van der Waals surface area contributed by atoms with Gasteiger partial charge in [-0.15, -0.1) is 0 Å². The second-order valence-corrected chi connectivity index (χ2v) is 5.10. The Kier molecular flexibility index (Phi) is 2.38. The lowest BCUT2D eigenvalue weighted by atomic mass is 9.90. The molecular formula is C15H16N2O. The van der Waals surface area contributed by atoms with Crippen molar-refractivity contribution >= 4 is 5.82 Å². The molecule has 0 aliphatic heterocycles. The SMILES string of the molecule is Cc1cnc(N)c(C2(O)Cc3ccccc3C2)c1. The standard InChI is InChI=1S/C15H16N2O/c1-10-6-13(14(16)17-9-10)15(18)7-11-4-2-3-5-12(11)8-15/h2-6,9,18H,7-8H2,1H3,(H2,16,17). The first kappa shape index (κ1) is 11.2. The molecular weight excluding hydrogens is 224 g/mol. The molecule has 0 bridgehead atoms. The summed E-state index contributed by atoms with van der Waals surface area (Å²) < 4.78 is 0. The van der Waals surface area contributed by atoms with Crippen molar-refractivity contribution in [1.82, 2.24) is 4.98 Å². The van der Waals surface area contributed by atoms with Gasteiger partial charge in [0, 0.05) is 24.6 Å². The van der Waals surface area contributed by atoms with Crippen LogP contribution >= 0.6 is 0 Å². The smallest absolute Gasteiger partial charge is 0.129 e. The zero-order valence-electron chi connectivity index (χ0n) is 10.4. The first-order valence-electron chi connectivity index (χ1n) is 6.10. The number of hydrogen-bond acceptors (Lipinski definition) is 3. The molecule has 0 spiro atoms. The van der Waals surface area contributed by atoms with Gasteiger partial charge in [0.15, 0.2) is 0 Å². The van der Waals surface area contributed by atoms with E-state index in [-0.39, 0.29) is 0 Å². The number of nitrogen functional groups attached to an aromatic ring is 1. The lowest BCUT2D eigenvalue weighted by molar-refractivity contribution is 0.0487. The Morgan fingerprint density at radius 1 is 1.22 bits per heavy atom. The van der Waals surface area contributed by atoms with Gasteiger partial charge < -0.3 is 10.8 Å². The van der Waals surface area contributed by atoms with Crippen LogP contribution in [0.4, 0.5) is 5.82 Å². The summed E-state index contributed by atoms with van der Waals surface area (Å²) in [7, 11) is 0. The fourth-order valence-electron chi connectivity index (χ4n) is 2.74. The van der Waals surface area contributed by atoms with E-state index in [1.54, 1.807) is 6.20 Å². The zero-order valence-corrected chi connectivity index (χ0v) is 10.4. The number of aliphatic hydroxyl groups is 1. The second kappa shape index (κ2) is 3.82. The van der Waals surface area contributed by atoms with E-state index in [4.69, 9.17) is 5.73 Å². The normalized spacial score (nSPS) is 16.6. The quantitative estimate of drug-likeness (QED) is 0.801. The monoisotopic (exact) mass is 240 g/mol. The average Bonchev–Trinajstić information content (AvgIpc) is 2.69. The van der Waals surface area contributed by atoms with Crippen molar-refractivity contribution in [1.29, 1.82) is 0 Å². The molecule has 0 amide bonds. The molecule has 0 radical (unpaired) electrons. The summed E-state index contributed by atoms with van der Waals surface area (Å²) >= 11 is 0. The Hall–Kier alpha value is -1.87. The second-order valence-electron chi connectivity index (χ2n) is 5.10. The largest absolute Gasteiger partial charge is 0.384 e. The Morgan fingerprint density at radius 2 is 1.83 bits per heavy atom. The van der Waals surface area contributed by atoms with Crippen LogP contribution < -0.4 is 5.73 Å². The van der Waals surface area contributed by atoms with Crippen LogP contribution in [0, 0.1) is 6.92 Å². The third kappa shape index (κ3) is 1.68. The molecule has 1 aromatic heterocycles. The molecule has 0 atom stereocenters. The Labute approximate surface area is 106 Å². The Bertz CT molecular complexity index is 582. The first-order chi connectivity index (χ1) is 8.58. The van der Waals surface area contributed by atoms with Crippen molar-refractivity contribution in [2.24, 2.45) is 0 Å². The van der Waals surface area contributed by atoms with Crippen LogP contribution in [0.1, 0.15) is 22.3 Å². The zero-order chi connectivity index (χ0) is 12.8. The summed E-state index contributed by atoms with van der Waals surface area (Å²) in [6, 6.07) is 10.1. The van der Waals surface area contributed by atoms with Gasteiger partial charge in [0.05, 0.1) is 0 Å². The lowest BCUT2D eigenvalue weighted by Gasteiger charge is -2.24. The maximum atomic E-state index is 10.9. The van der Waals surface area contributed by atoms with Gasteiger partial charge in [-0.25, -0.2) is 4.98 Å². The molecule has 0 saturated carbocycles. The van der Waals surface area contributed by atoms with Gasteiger partial charge in [-0.2, -0.15) is 0 Å². The molecule has 18 heavy (non-hydrogen) atoms. The summed E-state index contributed by atoms with van der Waals surface area (Å²) in [6.45, 7) is 1.96. The third-order valence-corrected chi connectivity index (χ3v) is 3.64. The van der Waals surface area contributed by atoms with Crippen molar-refractivity contribution < 1.29 is 5.11 Å². The molecule has 0 fully saturated rings. The highest BCUT2D eigenvalue weighted by atomic mass is 16.3. The lowest BCUT2D eigenvalue weighted by Crippen LogP contribution is -2.28. The molecule has 1 aromatic carbocycles. The minimum Gasteiger partial charge on any atom is -0.384 e. The summed E-state index contributed by atoms with van der Waals surface area (Å²) in [5.41, 5.74) is 9.16. The van der Waals surface area contributed by atoms with Crippen LogP contribution in [0.25, 0.3) is 0 Å².